The molecule has 5 heteroatoms. The van der Waals surface area contributed by atoms with Crippen molar-refractivity contribution in [3.8, 4) is 11.5 Å². The number of sulfone groups is 1. The SMILES string of the molecule is CCSCCCS(=O)(=O)c1ccc(Oc2ccccc2)cc1. The molecular formula is C17H20O3S2. The molecular weight excluding hydrogens is 316 g/mol. The molecule has 22 heavy (non-hydrogen) atoms. The Hall–Kier alpha value is -1.46. The third-order valence-corrected chi connectivity index (χ3v) is 5.87. The molecule has 0 atom stereocenters. The van der Waals surface area contributed by atoms with E-state index in [4.69, 9.17) is 4.74 Å². The smallest absolute Gasteiger partial charge is 0.178 e. The van der Waals surface area contributed by atoms with Crippen LogP contribution in [0.25, 0.3) is 0 Å². The first-order valence-corrected chi connectivity index (χ1v) is 10.1. The number of thioether (sulfide) groups is 1. The highest BCUT2D eigenvalue weighted by Crippen LogP contribution is 2.23. The van der Waals surface area contributed by atoms with Crippen molar-refractivity contribution in [2.75, 3.05) is 17.3 Å². The summed E-state index contributed by atoms with van der Waals surface area (Å²) in [7, 11) is -3.20. The molecule has 118 valence electrons. The molecule has 0 aliphatic heterocycles. The van der Waals surface area contributed by atoms with Crippen molar-refractivity contribution in [2.24, 2.45) is 0 Å². The van der Waals surface area contributed by atoms with Gasteiger partial charge in [0.2, 0.25) is 0 Å². The van der Waals surface area contributed by atoms with Crippen LogP contribution in [0.3, 0.4) is 0 Å². The Morgan fingerprint density at radius 1 is 0.955 bits per heavy atom. The van der Waals surface area contributed by atoms with Crippen LogP contribution in [-0.2, 0) is 9.84 Å². The molecule has 2 aromatic carbocycles. The van der Waals surface area contributed by atoms with Crippen molar-refractivity contribution in [3.05, 3.63) is 54.6 Å². The lowest BCUT2D eigenvalue weighted by Gasteiger charge is -2.07. The molecule has 0 radical (unpaired) electrons. The van der Waals surface area contributed by atoms with E-state index in [9.17, 15) is 8.42 Å². The van der Waals surface area contributed by atoms with E-state index in [1.54, 1.807) is 36.0 Å². The summed E-state index contributed by atoms with van der Waals surface area (Å²) in [6.07, 6.45) is 0.684. The van der Waals surface area contributed by atoms with Gasteiger partial charge in [0.15, 0.2) is 9.84 Å². The second-order valence-corrected chi connectivity index (χ2v) is 8.26. The van der Waals surface area contributed by atoms with Crippen molar-refractivity contribution < 1.29 is 13.2 Å². The largest absolute Gasteiger partial charge is 0.457 e. The van der Waals surface area contributed by atoms with Gasteiger partial charge in [-0.05, 0) is 54.3 Å². The van der Waals surface area contributed by atoms with Crippen LogP contribution in [-0.4, -0.2) is 25.7 Å². The zero-order valence-electron chi connectivity index (χ0n) is 12.6. The van der Waals surface area contributed by atoms with Crippen LogP contribution in [0, 0.1) is 0 Å². The Balaban J connectivity index is 1.99. The normalized spacial score (nSPS) is 11.3. The van der Waals surface area contributed by atoms with Gasteiger partial charge in [-0.1, -0.05) is 25.1 Å². The van der Waals surface area contributed by atoms with E-state index in [0.29, 0.717) is 17.1 Å². The monoisotopic (exact) mass is 336 g/mol. The predicted molar refractivity (Wildman–Crippen MR) is 92.6 cm³/mol. The highest BCUT2D eigenvalue weighted by molar-refractivity contribution is 7.99. The summed E-state index contributed by atoms with van der Waals surface area (Å²) in [4.78, 5) is 0.356. The summed E-state index contributed by atoms with van der Waals surface area (Å²) in [6.45, 7) is 2.07. The molecule has 0 fully saturated rings. The predicted octanol–water partition coefficient (Wildman–Crippen LogP) is 4.40. The minimum atomic E-state index is -3.20. The average molecular weight is 336 g/mol. The van der Waals surface area contributed by atoms with Crippen LogP contribution in [0.1, 0.15) is 13.3 Å². The Bertz CT molecular complexity index is 665. The van der Waals surface area contributed by atoms with E-state index >= 15 is 0 Å². The first-order chi connectivity index (χ1) is 10.6. The molecule has 0 saturated carbocycles. The first kappa shape index (κ1) is 16.9. The molecule has 0 unspecified atom stereocenters. The maximum absolute atomic E-state index is 12.2. The number of hydrogen-bond acceptors (Lipinski definition) is 4. The van der Waals surface area contributed by atoms with Crippen LogP contribution < -0.4 is 4.74 Å². The summed E-state index contributed by atoms with van der Waals surface area (Å²) in [5.74, 6) is 3.46. The maximum Gasteiger partial charge on any atom is 0.178 e. The number of hydrogen-bond donors (Lipinski definition) is 0. The molecule has 0 aromatic heterocycles. The van der Waals surface area contributed by atoms with Crippen molar-refractivity contribution in [3.63, 3.8) is 0 Å². The molecule has 0 heterocycles. The van der Waals surface area contributed by atoms with Gasteiger partial charge in [0.1, 0.15) is 11.5 Å². The molecule has 0 aliphatic carbocycles. The number of benzene rings is 2. The van der Waals surface area contributed by atoms with Gasteiger partial charge in [-0.3, -0.25) is 0 Å². The van der Waals surface area contributed by atoms with E-state index in [1.807, 2.05) is 30.3 Å². The summed E-state index contributed by atoms with van der Waals surface area (Å²) in [5, 5.41) is 0. The fourth-order valence-corrected chi connectivity index (χ4v) is 4.08. The van der Waals surface area contributed by atoms with Gasteiger partial charge in [-0.25, -0.2) is 8.42 Å². The molecule has 0 aliphatic rings. The summed E-state index contributed by atoms with van der Waals surface area (Å²) in [6, 6.07) is 16.0. The number of para-hydroxylation sites is 1. The molecule has 0 N–H and O–H groups in total. The third kappa shape index (κ3) is 5.07. The molecule has 2 aromatic rings. The van der Waals surface area contributed by atoms with Crippen LogP contribution in [0.15, 0.2) is 59.5 Å². The fourth-order valence-electron chi connectivity index (χ4n) is 1.95. The van der Waals surface area contributed by atoms with Crippen LogP contribution in [0.2, 0.25) is 0 Å². The Kier molecular flexibility index (Phi) is 6.34. The standard InChI is InChI=1S/C17H20O3S2/c1-2-21-13-6-14-22(18,19)17-11-9-16(10-12-17)20-15-7-4-3-5-8-15/h3-5,7-12H,2,6,13-14H2,1H3. The molecule has 3 nitrogen and oxygen atoms in total. The van der Waals surface area contributed by atoms with Gasteiger partial charge in [0, 0.05) is 0 Å². The molecule has 0 bridgehead atoms. The van der Waals surface area contributed by atoms with Crippen LogP contribution >= 0.6 is 11.8 Å². The fraction of sp³-hybridized carbons (Fsp3) is 0.294. The van der Waals surface area contributed by atoms with Crippen molar-refractivity contribution in [2.45, 2.75) is 18.2 Å². The van der Waals surface area contributed by atoms with Gasteiger partial charge in [0.25, 0.3) is 0 Å². The van der Waals surface area contributed by atoms with Crippen LogP contribution in [0.4, 0.5) is 0 Å². The van der Waals surface area contributed by atoms with Gasteiger partial charge in [-0.15, -0.1) is 0 Å². The molecule has 0 amide bonds. The summed E-state index contributed by atoms with van der Waals surface area (Å²) in [5.41, 5.74) is 0. The van der Waals surface area contributed by atoms with Crippen molar-refractivity contribution in [1.29, 1.82) is 0 Å². The van der Waals surface area contributed by atoms with Crippen molar-refractivity contribution >= 4 is 21.6 Å². The van der Waals surface area contributed by atoms with Gasteiger partial charge >= 0.3 is 0 Å². The van der Waals surface area contributed by atoms with Gasteiger partial charge < -0.3 is 4.74 Å². The van der Waals surface area contributed by atoms with E-state index in [-0.39, 0.29) is 5.75 Å². The Labute approximate surface area is 136 Å². The first-order valence-electron chi connectivity index (χ1n) is 7.25. The zero-order chi connectivity index (χ0) is 15.8. The van der Waals surface area contributed by atoms with E-state index in [0.717, 1.165) is 17.3 Å². The second kappa shape index (κ2) is 8.25. The Morgan fingerprint density at radius 3 is 2.23 bits per heavy atom. The van der Waals surface area contributed by atoms with E-state index in [1.165, 1.54) is 0 Å². The van der Waals surface area contributed by atoms with Crippen molar-refractivity contribution in [1.82, 2.24) is 0 Å². The summed E-state index contributed by atoms with van der Waals surface area (Å²) >= 11 is 1.76. The second-order valence-electron chi connectivity index (χ2n) is 4.76. The lowest BCUT2D eigenvalue weighted by molar-refractivity contribution is 0.482. The van der Waals surface area contributed by atoms with Gasteiger partial charge in [0.05, 0.1) is 10.6 Å². The molecule has 2 rings (SSSR count). The quantitative estimate of drug-likeness (QED) is 0.670. The lowest BCUT2D eigenvalue weighted by atomic mass is 10.3. The number of ether oxygens (including phenoxy) is 1. The average Bonchev–Trinajstić information content (AvgIpc) is 2.53. The van der Waals surface area contributed by atoms with Gasteiger partial charge in [-0.2, -0.15) is 11.8 Å². The zero-order valence-corrected chi connectivity index (χ0v) is 14.2. The minimum absolute atomic E-state index is 0.193. The third-order valence-electron chi connectivity index (χ3n) is 3.07. The maximum atomic E-state index is 12.2. The number of rotatable bonds is 8. The summed E-state index contributed by atoms with van der Waals surface area (Å²) < 4.78 is 30.1. The highest BCUT2D eigenvalue weighted by atomic mass is 32.2. The molecule has 0 saturated heterocycles. The van der Waals surface area contributed by atoms with E-state index in [2.05, 4.69) is 6.92 Å². The van der Waals surface area contributed by atoms with Crippen LogP contribution in [0.5, 0.6) is 11.5 Å². The highest BCUT2D eigenvalue weighted by Gasteiger charge is 2.14. The Morgan fingerprint density at radius 2 is 1.59 bits per heavy atom. The lowest BCUT2D eigenvalue weighted by Crippen LogP contribution is -2.07. The van der Waals surface area contributed by atoms with E-state index < -0.39 is 9.84 Å². The minimum Gasteiger partial charge on any atom is -0.457 e. The molecule has 0 spiro atoms. The topological polar surface area (TPSA) is 43.4 Å².